The molecular weight excluding hydrogens is 518 g/mol. The number of nitro benzene ring substituents is 1. The average Bonchev–Trinajstić information content (AvgIpc) is 3.32. The molecule has 0 spiro atoms. The first-order valence-electron chi connectivity index (χ1n) is 11.6. The molecule has 0 saturated carbocycles. The first-order chi connectivity index (χ1) is 17.9. The van der Waals surface area contributed by atoms with E-state index in [0.29, 0.717) is 47.8 Å². The van der Waals surface area contributed by atoms with Gasteiger partial charge in [0.05, 0.1) is 16.8 Å². The highest BCUT2D eigenvalue weighted by molar-refractivity contribution is 7.93. The monoisotopic (exact) mass is 543 g/mol. The smallest absolute Gasteiger partial charge is 0.289 e. The third-order valence-electron chi connectivity index (χ3n) is 5.63. The van der Waals surface area contributed by atoms with Crippen molar-refractivity contribution in [3.05, 3.63) is 77.1 Å². The second-order valence-corrected chi connectivity index (χ2v) is 10.3. The van der Waals surface area contributed by atoms with Gasteiger partial charge >= 0.3 is 0 Å². The molecule has 13 heteroatoms. The average molecular weight is 544 g/mol. The summed E-state index contributed by atoms with van der Waals surface area (Å²) in [5.74, 6) is 0.891. The first kappa shape index (κ1) is 26.3. The summed E-state index contributed by atoms with van der Waals surface area (Å²) in [7, 11) is -4.27. The van der Waals surface area contributed by atoms with Gasteiger partial charge in [-0.15, -0.1) is 11.6 Å². The van der Waals surface area contributed by atoms with Gasteiger partial charge in [0.1, 0.15) is 5.82 Å². The number of hydrogen-bond acceptors (Lipinski definition) is 8. The largest absolute Gasteiger partial charge is 0.370 e. The highest BCUT2D eigenvalue weighted by atomic mass is 35.5. The van der Waals surface area contributed by atoms with Crippen molar-refractivity contribution in [2.45, 2.75) is 17.7 Å². The number of nitrogens with one attached hydrogen (secondary N) is 1. The number of halogens is 1. The number of rotatable bonds is 12. The van der Waals surface area contributed by atoms with Gasteiger partial charge in [-0.1, -0.05) is 24.3 Å². The molecule has 2 heterocycles. The number of fused-ring (bicyclic) bond motifs is 1. The molecule has 0 radical (unpaired) electrons. The molecule has 0 atom stereocenters. The van der Waals surface area contributed by atoms with Crippen molar-refractivity contribution < 1.29 is 13.3 Å². The fourth-order valence-electron chi connectivity index (χ4n) is 3.85. The van der Waals surface area contributed by atoms with Crippen LogP contribution in [0.25, 0.3) is 16.8 Å². The maximum Gasteiger partial charge on any atom is 0.289 e. The Hall–Kier alpha value is -3.74. The van der Waals surface area contributed by atoms with Gasteiger partial charge in [0.25, 0.3) is 15.7 Å². The van der Waals surface area contributed by atoms with Crippen molar-refractivity contribution in [2.75, 3.05) is 35.1 Å². The third kappa shape index (κ3) is 5.66. The molecule has 0 bridgehead atoms. The third-order valence-corrected chi connectivity index (χ3v) is 7.77. The summed E-state index contributed by atoms with van der Waals surface area (Å²) in [6, 6.07) is 14.0. The van der Waals surface area contributed by atoms with Crippen LogP contribution in [0.15, 0.2) is 71.9 Å². The van der Waals surface area contributed by atoms with Gasteiger partial charge in [-0.2, -0.15) is 5.10 Å². The van der Waals surface area contributed by atoms with Crippen molar-refractivity contribution in [1.29, 1.82) is 0 Å². The number of benzene rings is 2. The minimum atomic E-state index is -4.27. The highest BCUT2D eigenvalue weighted by Crippen LogP contribution is 2.33. The van der Waals surface area contributed by atoms with Crippen LogP contribution in [0, 0.1) is 10.1 Å². The molecule has 4 aromatic rings. The Morgan fingerprint density at radius 1 is 1.14 bits per heavy atom. The Morgan fingerprint density at radius 3 is 2.70 bits per heavy atom. The fraction of sp³-hybridized carbons (Fsp3) is 0.250. The topological polar surface area (TPSA) is 149 Å². The van der Waals surface area contributed by atoms with Gasteiger partial charge in [0.15, 0.2) is 10.5 Å². The van der Waals surface area contributed by atoms with Crippen LogP contribution in [0.5, 0.6) is 0 Å². The SMILES string of the molecule is NCCCNc1ccn2ncc(-c3cccc(N(CCCCl)S(=O)(=O)c4ccccc4[N+](=O)[O-])c3)c2n1. The molecule has 4 rings (SSSR count). The van der Waals surface area contributed by atoms with Crippen LogP contribution in [0.2, 0.25) is 0 Å². The van der Waals surface area contributed by atoms with Crippen molar-refractivity contribution in [2.24, 2.45) is 5.73 Å². The van der Waals surface area contributed by atoms with Crippen molar-refractivity contribution in [1.82, 2.24) is 14.6 Å². The second kappa shape index (κ2) is 11.5. The number of nitro groups is 1. The van der Waals surface area contributed by atoms with E-state index in [0.717, 1.165) is 10.7 Å². The zero-order chi connectivity index (χ0) is 26.4. The first-order valence-corrected chi connectivity index (χ1v) is 13.5. The normalized spacial score (nSPS) is 11.5. The summed E-state index contributed by atoms with van der Waals surface area (Å²) in [5.41, 5.74) is 7.39. The lowest BCUT2D eigenvalue weighted by Gasteiger charge is -2.24. The van der Waals surface area contributed by atoms with E-state index in [1.807, 2.05) is 12.1 Å². The lowest BCUT2D eigenvalue weighted by molar-refractivity contribution is -0.387. The van der Waals surface area contributed by atoms with Crippen LogP contribution >= 0.6 is 11.6 Å². The Kier molecular flexibility index (Phi) is 8.21. The van der Waals surface area contributed by atoms with E-state index in [4.69, 9.17) is 17.3 Å². The molecule has 0 saturated heterocycles. The van der Waals surface area contributed by atoms with E-state index in [-0.39, 0.29) is 17.3 Å². The van der Waals surface area contributed by atoms with Crippen LogP contribution in [-0.4, -0.2) is 53.5 Å². The fourth-order valence-corrected chi connectivity index (χ4v) is 5.63. The van der Waals surface area contributed by atoms with E-state index in [1.165, 1.54) is 24.3 Å². The Bertz CT molecular complexity index is 1510. The van der Waals surface area contributed by atoms with Gasteiger partial charge in [0.2, 0.25) is 0 Å². The summed E-state index contributed by atoms with van der Waals surface area (Å²) in [4.78, 5) is 15.1. The number of aromatic nitrogens is 3. The number of anilines is 2. The number of hydrogen-bond donors (Lipinski definition) is 2. The quantitative estimate of drug-likeness (QED) is 0.118. The maximum atomic E-state index is 13.7. The molecule has 0 amide bonds. The predicted octanol–water partition coefficient (Wildman–Crippen LogP) is 3.89. The number of alkyl halides is 1. The molecule has 0 aliphatic carbocycles. The van der Waals surface area contributed by atoms with Crippen LogP contribution < -0.4 is 15.4 Å². The van der Waals surface area contributed by atoms with Crippen molar-refractivity contribution in [3.63, 3.8) is 0 Å². The van der Waals surface area contributed by atoms with Crippen molar-refractivity contribution >= 4 is 44.5 Å². The van der Waals surface area contributed by atoms with Crippen LogP contribution in [0.1, 0.15) is 12.8 Å². The minimum absolute atomic E-state index is 0.0452. The van der Waals surface area contributed by atoms with Crippen LogP contribution in [0.3, 0.4) is 0 Å². The van der Waals surface area contributed by atoms with Gasteiger partial charge < -0.3 is 11.1 Å². The standard InChI is InChI=1S/C24H26ClN7O4S/c25-11-4-14-31(37(35,36)22-9-2-1-8-21(22)32(33)34)19-7-3-6-18(16-19)20-17-28-30-15-10-23(29-24(20)30)27-13-5-12-26/h1-3,6-10,15-17H,4-5,11-14,26H2,(H,27,29). The van der Waals surface area contributed by atoms with Gasteiger partial charge in [-0.05, 0) is 49.2 Å². The molecule has 2 aromatic carbocycles. The predicted molar refractivity (Wildman–Crippen MR) is 144 cm³/mol. The lowest BCUT2D eigenvalue weighted by atomic mass is 10.1. The van der Waals surface area contributed by atoms with Crippen molar-refractivity contribution in [3.8, 4) is 11.1 Å². The number of para-hydroxylation sites is 1. The lowest BCUT2D eigenvalue weighted by Crippen LogP contribution is -2.32. The summed E-state index contributed by atoms with van der Waals surface area (Å²) < 4.78 is 30.1. The van der Waals surface area contributed by atoms with Gasteiger partial charge in [-0.25, -0.2) is 17.9 Å². The molecule has 11 nitrogen and oxygen atoms in total. The Labute approximate surface area is 219 Å². The van der Waals surface area contributed by atoms with Gasteiger partial charge in [-0.3, -0.25) is 14.4 Å². The van der Waals surface area contributed by atoms with Crippen LogP contribution in [0.4, 0.5) is 17.2 Å². The van der Waals surface area contributed by atoms with E-state index in [9.17, 15) is 18.5 Å². The minimum Gasteiger partial charge on any atom is -0.370 e. The summed E-state index contributed by atoms with van der Waals surface area (Å²) in [6.45, 7) is 1.29. The van der Waals surface area contributed by atoms with E-state index < -0.39 is 20.6 Å². The molecular formula is C24H26ClN7O4S. The molecule has 0 unspecified atom stereocenters. The molecule has 2 aromatic heterocycles. The zero-order valence-electron chi connectivity index (χ0n) is 19.8. The molecule has 37 heavy (non-hydrogen) atoms. The van der Waals surface area contributed by atoms with E-state index in [1.54, 1.807) is 35.1 Å². The van der Waals surface area contributed by atoms with E-state index in [2.05, 4.69) is 15.4 Å². The summed E-state index contributed by atoms with van der Waals surface area (Å²) in [6.07, 6.45) is 4.59. The number of nitrogens with zero attached hydrogens (tertiary/aromatic N) is 5. The molecule has 0 fully saturated rings. The Morgan fingerprint density at radius 2 is 1.95 bits per heavy atom. The summed E-state index contributed by atoms with van der Waals surface area (Å²) >= 11 is 5.89. The zero-order valence-corrected chi connectivity index (χ0v) is 21.4. The summed E-state index contributed by atoms with van der Waals surface area (Å²) in [5, 5.41) is 19.2. The molecule has 0 aliphatic heterocycles. The highest BCUT2D eigenvalue weighted by Gasteiger charge is 2.31. The van der Waals surface area contributed by atoms with Crippen LogP contribution in [-0.2, 0) is 10.0 Å². The maximum absolute atomic E-state index is 13.7. The Balaban J connectivity index is 1.76. The molecule has 194 valence electrons. The number of sulfonamides is 1. The molecule has 0 aliphatic rings. The number of nitrogens with two attached hydrogens (primary N) is 1. The van der Waals surface area contributed by atoms with Gasteiger partial charge in [0, 0.05) is 36.8 Å². The second-order valence-electron chi connectivity index (χ2n) is 8.10. The van der Waals surface area contributed by atoms with E-state index >= 15 is 0 Å². The molecule has 3 N–H and O–H groups in total.